The van der Waals surface area contributed by atoms with Crippen LogP contribution in [0.3, 0.4) is 0 Å². The molecule has 0 fully saturated rings. The molecule has 0 aromatic heterocycles. The topological polar surface area (TPSA) is 62.3 Å². The first-order valence-electron chi connectivity index (χ1n) is 7.33. The van der Waals surface area contributed by atoms with Gasteiger partial charge in [-0.2, -0.15) is 5.26 Å². The van der Waals surface area contributed by atoms with Crippen LogP contribution in [0.1, 0.15) is 33.6 Å². The van der Waals surface area contributed by atoms with E-state index in [1.54, 1.807) is 6.07 Å². The van der Waals surface area contributed by atoms with E-state index in [-0.39, 0.29) is 5.75 Å². The lowest BCUT2D eigenvalue weighted by Crippen LogP contribution is -2.29. The molecule has 1 rings (SSSR count). The van der Waals surface area contributed by atoms with E-state index < -0.39 is 5.82 Å². The number of benzene rings is 1. The fraction of sp³-hybridized carbons (Fsp3) is 0.562. The van der Waals surface area contributed by atoms with Crippen molar-refractivity contribution in [2.75, 3.05) is 30.3 Å². The summed E-state index contributed by atoms with van der Waals surface area (Å²) in [7, 11) is 0. The molecule has 0 aliphatic rings. The van der Waals surface area contributed by atoms with Crippen LogP contribution in [0.4, 0.5) is 15.8 Å². The van der Waals surface area contributed by atoms with Crippen molar-refractivity contribution in [1.29, 1.82) is 5.26 Å². The number of anilines is 2. The molecule has 0 unspecified atom stereocenters. The maximum atomic E-state index is 13.9. The Morgan fingerprint density at radius 3 is 2.71 bits per heavy atom. The maximum absolute atomic E-state index is 13.9. The van der Waals surface area contributed by atoms with Gasteiger partial charge in [-0.3, -0.25) is 0 Å². The van der Waals surface area contributed by atoms with Crippen LogP contribution in [0.25, 0.3) is 0 Å². The summed E-state index contributed by atoms with van der Waals surface area (Å²) in [6.45, 7) is 7.93. The van der Waals surface area contributed by atoms with Gasteiger partial charge in [-0.25, -0.2) is 4.39 Å². The van der Waals surface area contributed by atoms with Gasteiger partial charge >= 0.3 is 0 Å². The fourth-order valence-corrected chi connectivity index (χ4v) is 2.09. The molecule has 4 nitrogen and oxygen atoms in total. The number of ether oxygens (including phenoxy) is 1. The van der Waals surface area contributed by atoms with Crippen LogP contribution < -0.4 is 15.4 Å². The van der Waals surface area contributed by atoms with E-state index in [1.165, 1.54) is 6.07 Å². The molecule has 0 saturated heterocycles. The average Bonchev–Trinajstić information content (AvgIpc) is 2.42. The Hall–Kier alpha value is -1.96. The molecule has 0 saturated carbocycles. The number of nitrogen functional groups attached to an aromatic ring is 1. The highest BCUT2D eigenvalue weighted by Gasteiger charge is 2.16. The molecule has 1 aromatic rings. The lowest BCUT2D eigenvalue weighted by molar-refractivity contribution is 0.301. The van der Waals surface area contributed by atoms with Crippen molar-refractivity contribution in [3.8, 4) is 11.8 Å². The molecule has 0 heterocycles. The molecule has 0 aliphatic heterocycles. The summed E-state index contributed by atoms with van der Waals surface area (Å²) < 4.78 is 19.3. The molecule has 21 heavy (non-hydrogen) atoms. The minimum Gasteiger partial charge on any atom is -0.490 e. The zero-order valence-corrected chi connectivity index (χ0v) is 13.0. The second-order valence-corrected chi connectivity index (χ2v) is 5.44. The van der Waals surface area contributed by atoms with Crippen LogP contribution in [-0.2, 0) is 0 Å². The molecule has 0 radical (unpaired) electrons. The van der Waals surface area contributed by atoms with Crippen LogP contribution in [0.5, 0.6) is 5.75 Å². The second kappa shape index (κ2) is 8.35. The predicted molar refractivity (Wildman–Crippen MR) is 83.9 cm³/mol. The number of nitrogens with zero attached hydrogens (tertiary/aromatic N) is 2. The molecule has 1 aromatic carbocycles. The number of nitrogens with two attached hydrogens (primary N) is 1. The van der Waals surface area contributed by atoms with Crippen LogP contribution in [-0.4, -0.2) is 19.7 Å². The number of rotatable bonds is 8. The Morgan fingerprint density at radius 1 is 1.43 bits per heavy atom. The molecule has 5 heteroatoms. The first kappa shape index (κ1) is 17.1. The standard InChI is InChI=1S/C16H24FN3O/c1-4-8-21-16-10-15(14(19)9-13(16)17)20(7-5-6-18)11-12(2)3/h9-10,12H,4-5,7-8,11,19H2,1-3H3. The smallest absolute Gasteiger partial charge is 0.167 e. The third kappa shape index (κ3) is 5.14. The van der Waals surface area contributed by atoms with Gasteiger partial charge in [0, 0.05) is 25.2 Å². The maximum Gasteiger partial charge on any atom is 0.167 e. The molecule has 0 spiro atoms. The first-order valence-corrected chi connectivity index (χ1v) is 7.33. The van der Waals surface area contributed by atoms with Crippen molar-refractivity contribution < 1.29 is 9.13 Å². The van der Waals surface area contributed by atoms with E-state index in [0.29, 0.717) is 31.2 Å². The third-order valence-corrected chi connectivity index (χ3v) is 2.96. The van der Waals surface area contributed by atoms with Gasteiger partial charge in [-0.1, -0.05) is 20.8 Å². The lowest BCUT2D eigenvalue weighted by atomic mass is 10.1. The van der Waals surface area contributed by atoms with Gasteiger partial charge in [0.15, 0.2) is 11.6 Å². The molecule has 0 bridgehead atoms. The fourth-order valence-electron chi connectivity index (χ4n) is 2.09. The van der Waals surface area contributed by atoms with E-state index in [0.717, 1.165) is 18.7 Å². The summed E-state index contributed by atoms with van der Waals surface area (Å²) in [6, 6.07) is 5.06. The SMILES string of the molecule is CCCOc1cc(N(CCC#N)CC(C)C)c(N)cc1F. The van der Waals surface area contributed by atoms with Gasteiger partial charge < -0.3 is 15.4 Å². The van der Waals surface area contributed by atoms with Crippen molar-refractivity contribution in [3.05, 3.63) is 17.9 Å². The third-order valence-electron chi connectivity index (χ3n) is 2.96. The van der Waals surface area contributed by atoms with Gasteiger partial charge in [-0.05, 0) is 12.3 Å². The van der Waals surface area contributed by atoms with Crippen molar-refractivity contribution in [1.82, 2.24) is 0 Å². The molecular formula is C16H24FN3O. The van der Waals surface area contributed by atoms with Gasteiger partial charge in [-0.15, -0.1) is 0 Å². The molecule has 0 aliphatic carbocycles. The molecule has 0 amide bonds. The van der Waals surface area contributed by atoms with Gasteiger partial charge in [0.2, 0.25) is 0 Å². The molecular weight excluding hydrogens is 269 g/mol. The summed E-state index contributed by atoms with van der Waals surface area (Å²) in [6.07, 6.45) is 1.21. The minimum absolute atomic E-state index is 0.215. The molecule has 2 N–H and O–H groups in total. The summed E-state index contributed by atoms with van der Waals surface area (Å²) in [4.78, 5) is 2.02. The first-order chi connectivity index (χ1) is 9.99. The normalized spacial score (nSPS) is 10.5. The zero-order chi connectivity index (χ0) is 15.8. The minimum atomic E-state index is -0.450. The number of nitriles is 1. The van der Waals surface area contributed by atoms with Crippen LogP contribution in [0, 0.1) is 23.1 Å². The van der Waals surface area contributed by atoms with Gasteiger partial charge in [0.05, 0.1) is 30.5 Å². The van der Waals surface area contributed by atoms with Crippen molar-refractivity contribution in [2.24, 2.45) is 5.92 Å². The number of hydrogen-bond donors (Lipinski definition) is 1. The zero-order valence-electron chi connectivity index (χ0n) is 13.0. The average molecular weight is 293 g/mol. The van der Waals surface area contributed by atoms with Crippen molar-refractivity contribution in [2.45, 2.75) is 33.6 Å². The lowest BCUT2D eigenvalue weighted by Gasteiger charge is -2.27. The number of halogens is 1. The summed E-state index contributed by atoms with van der Waals surface area (Å²) >= 11 is 0. The van der Waals surface area contributed by atoms with E-state index in [2.05, 4.69) is 19.9 Å². The Balaban J connectivity index is 3.07. The molecule has 116 valence electrons. The van der Waals surface area contributed by atoms with Crippen molar-refractivity contribution >= 4 is 11.4 Å². The van der Waals surface area contributed by atoms with Crippen molar-refractivity contribution in [3.63, 3.8) is 0 Å². The van der Waals surface area contributed by atoms with Crippen LogP contribution >= 0.6 is 0 Å². The van der Waals surface area contributed by atoms with E-state index in [9.17, 15) is 4.39 Å². The number of hydrogen-bond acceptors (Lipinski definition) is 4. The largest absolute Gasteiger partial charge is 0.490 e. The second-order valence-electron chi connectivity index (χ2n) is 5.44. The highest BCUT2D eigenvalue weighted by molar-refractivity contribution is 5.70. The monoisotopic (exact) mass is 293 g/mol. The van der Waals surface area contributed by atoms with Gasteiger partial charge in [0.1, 0.15) is 0 Å². The van der Waals surface area contributed by atoms with E-state index in [1.807, 2.05) is 11.8 Å². The van der Waals surface area contributed by atoms with Gasteiger partial charge in [0.25, 0.3) is 0 Å². The Bertz CT molecular complexity index is 497. The summed E-state index contributed by atoms with van der Waals surface area (Å²) in [5.41, 5.74) is 7.05. The van der Waals surface area contributed by atoms with Crippen LogP contribution in [0.15, 0.2) is 12.1 Å². The molecule has 0 atom stereocenters. The van der Waals surface area contributed by atoms with E-state index in [4.69, 9.17) is 15.7 Å². The Kier molecular flexibility index (Phi) is 6.80. The van der Waals surface area contributed by atoms with Crippen LogP contribution in [0.2, 0.25) is 0 Å². The highest BCUT2D eigenvalue weighted by atomic mass is 19.1. The Labute approximate surface area is 126 Å². The highest BCUT2D eigenvalue weighted by Crippen LogP contribution is 2.32. The quantitative estimate of drug-likeness (QED) is 0.744. The summed E-state index contributed by atoms with van der Waals surface area (Å²) in [5.74, 6) is 0.175. The Morgan fingerprint density at radius 2 is 2.14 bits per heavy atom. The predicted octanol–water partition coefficient (Wildman–Crippen LogP) is 3.57. The van der Waals surface area contributed by atoms with E-state index >= 15 is 0 Å². The summed E-state index contributed by atoms with van der Waals surface area (Å²) in [5, 5.41) is 8.79.